The third kappa shape index (κ3) is 2.68. The zero-order valence-electron chi connectivity index (χ0n) is 9.80. The first-order valence-corrected chi connectivity index (χ1v) is 5.80. The van der Waals surface area contributed by atoms with Gasteiger partial charge in [-0.1, -0.05) is 18.1 Å². The highest BCUT2D eigenvalue weighted by Crippen LogP contribution is 2.28. The van der Waals surface area contributed by atoms with Crippen molar-refractivity contribution >= 4 is 11.4 Å². The normalized spacial score (nSPS) is 16.7. The minimum Gasteiger partial charge on any atom is -0.369 e. The zero-order valence-corrected chi connectivity index (χ0v) is 9.80. The quantitative estimate of drug-likeness (QED) is 0.433. The van der Waals surface area contributed by atoms with E-state index in [0.717, 1.165) is 31.8 Å². The van der Waals surface area contributed by atoms with Gasteiger partial charge in [-0.05, 0) is 36.4 Å². The molecule has 0 N–H and O–H groups in total. The second-order valence-corrected chi connectivity index (χ2v) is 4.49. The predicted octanol–water partition coefficient (Wildman–Crippen LogP) is 4.00. The lowest BCUT2D eigenvalue weighted by Gasteiger charge is -2.32. The molecule has 1 aromatic rings. The Morgan fingerprint density at radius 2 is 2.12 bits per heavy atom. The molecule has 1 aromatic carbocycles. The van der Waals surface area contributed by atoms with E-state index >= 15 is 0 Å². The summed E-state index contributed by atoms with van der Waals surface area (Å²) in [5, 5.41) is 3.39. The lowest BCUT2D eigenvalue weighted by atomic mass is 9.99. The molecule has 0 aliphatic carbocycles. The first-order valence-electron chi connectivity index (χ1n) is 5.80. The van der Waals surface area contributed by atoms with Crippen LogP contribution in [-0.4, -0.2) is 13.1 Å². The Morgan fingerprint density at radius 3 is 2.71 bits per heavy atom. The number of hydrogen-bond acceptors (Lipinski definition) is 2. The molecule has 90 valence electrons. The summed E-state index contributed by atoms with van der Waals surface area (Å²) in [4.78, 5) is 4.69. The minimum atomic E-state index is -0.315. The monoisotopic (exact) mass is 234 g/mol. The van der Waals surface area contributed by atoms with Crippen molar-refractivity contribution in [3.63, 3.8) is 0 Å². The molecular formula is C12H15FN4. The Hall–Kier alpha value is -1.74. The number of benzene rings is 1. The number of halogens is 1. The standard InChI is InChI=1S/C12H15FN4/c1-9-4-6-17(7-5-9)12-3-2-10(15-16-14)8-11(12)13/h2-3,8-9H,4-7H2,1H3. The van der Waals surface area contributed by atoms with E-state index in [4.69, 9.17) is 5.53 Å². The Balaban J connectivity index is 2.18. The summed E-state index contributed by atoms with van der Waals surface area (Å²) in [5.74, 6) is 0.404. The number of piperidine rings is 1. The largest absolute Gasteiger partial charge is 0.369 e. The summed E-state index contributed by atoms with van der Waals surface area (Å²) in [6.07, 6.45) is 2.19. The van der Waals surface area contributed by atoms with E-state index < -0.39 is 0 Å². The van der Waals surface area contributed by atoms with E-state index in [9.17, 15) is 4.39 Å². The van der Waals surface area contributed by atoms with Crippen LogP contribution in [0.1, 0.15) is 19.8 Å². The molecule has 5 heteroatoms. The van der Waals surface area contributed by atoms with Gasteiger partial charge in [0.05, 0.1) is 5.69 Å². The Labute approximate surface area is 99.7 Å². The molecule has 1 saturated heterocycles. The molecule has 17 heavy (non-hydrogen) atoms. The van der Waals surface area contributed by atoms with E-state index in [-0.39, 0.29) is 5.82 Å². The molecule has 1 fully saturated rings. The van der Waals surface area contributed by atoms with Gasteiger partial charge < -0.3 is 4.90 Å². The van der Waals surface area contributed by atoms with Gasteiger partial charge in [-0.15, -0.1) is 0 Å². The Morgan fingerprint density at radius 1 is 1.41 bits per heavy atom. The average molecular weight is 234 g/mol. The van der Waals surface area contributed by atoms with Crippen LogP contribution in [0.5, 0.6) is 0 Å². The molecule has 4 nitrogen and oxygen atoms in total. The van der Waals surface area contributed by atoms with Crippen LogP contribution < -0.4 is 4.90 Å². The lowest BCUT2D eigenvalue weighted by Crippen LogP contribution is -2.33. The van der Waals surface area contributed by atoms with Crippen molar-refractivity contribution in [1.82, 2.24) is 0 Å². The highest BCUT2D eigenvalue weighted by Gasteiger charge is 2.18. The second kappa shape index (κ2) is 5.06. The fourth-order valence-electron chi connectivity index (χ4n) is 2.12. The fourth-order valence-corrected chi connectivity index (χ4v) is 2.12. The molecule has 0 saturated carbocycles. The molecule has 1 aliphatic heterocycles. The van der Waals surface area contributed by atoms with Gasteiger partial charge in [0, 0.05) is 23.7 Å². The van der Waals surface area contributed by atoms with Gasteiger partial charge >= 0.3 is 0 Å². The van der Waals surface area contributed by atoms with Crippen LogP contribution in [-0.2, 0) is 0 Å². The molecule has 0 atom stereocenters. The molecular weight excluding hydrogens is 219 g/mol. The van der Waals surface area contributed by atoms with Crippen LogP contribution in [0.2, 0.25) is 0 Å². The molecule has 2 rings (SSSR count). The first-order chi connectivity index (χ1) is 8.20. The maximum atomic E-state index is 13.8. The molecule has 0 aromatic heterocycles. The van der Waals surface area contributed by atoms with Crippen LogP contribution in [0.3, 0.4) is 0 Å². The molecule has 0 unspecified atom stereocenters. The topological polar surface area (TPSA) is 52.0 Å². The lowest BCUT2D eigenvalue weighted by molar-refractivity contribution is 0.434. The Kier molecular flexibility index (Phi) is 3.49. The SMILES string of the molecule is CC1CCN(c2ccc(N=[N+]=[N-])cc2F)CC1. The van der Waals surface area contributed by atoms with Crippen LogP contribution in [0, 0.1) is 11.7 Å². The maximum absolute atomic E-state index is 13.8. The highest BCUT2D eigenvalue weighted by molar-refractivity contribution is 5.54. The van der Waals surface area contributed by atoms with Crippen molar-refractivity contribution in [2.75, 3.05) is 18.0 Å². The van der Waals surface area contributed by atoms with Crippen LogP contribution in [0.25, 0.3) is 10.4 Å². The van der Waals surface area contributed by atoms with E-state index in [1.165, 1.54) is 6.07 Å². The number of rotatable bonds is 2. The molecule has 0 radical (unpaired) electrons. The van der Waals surface area contributed by atoms with Crippen LogP contribution >= 0.6 is 0 Å². The summed E-state index contributed by atoms with van der Waals surface area (Å²) < 4.78 is 13.8. The van der Waals surface area contributed by atoms with Gasteiger partial charge in [0.1, 0.15) is 5.82 Å². The predicted molar refractivity (Wildman–Crippen MR) is 65.8 cm³/mol. The first kappa shape index (κ1) is 11.7. The molecule has 0 bridgehead atoms. The maximum Gasteiger partial charge on any atom is 0.146 e. The summed E-state index contributed by atoms with van der Waals surface area (Å²) in [5.41, 5.74) is 9.21. The van der Waals surface area contributed by atoms with Crippen molar-refractivity contribution in [2.45, 2.75) is 19.8 Å². The van der Waals surface area contributed by atoms with E-state index in [0.29, 0.717) is 11.4 Å². The van der Waals surface area contributed by atoms with Crippen LogP contribution in [0.4, 0.5) is 15.8 Å². The highest BCUT2D eigenvalue weighted by atomic mass is 19.1. The number of nitrogens with zero attached hydrogens (tertiary/aromatic N) is 4. The van der Waals surface area contributed by atoms with Gasteiger partial charge in [-0.2, -0.15) is 0 Å². The minimum absolute atomic E-state index is 0.315. The summed E-state index contributed by atoms with van der Waals surface area (Å²) in [6.45, 7) is 4.00. The van der Waals surface area contributed by atoms with E-state index in [1.807, 2.05) is 0 Å². The van der Waals surface area contributed by atoms with Crippen molar-refractivity contribution in [2.24, 2.45) is 11.0 Å². The fraction of sp³-hybridized carbons (Fsp3) is 0.500. The summed E-state index contributed by atoms with van der Waals surface area (Å²) in [6, 6.07) is 4.62. The van der Waals surface area contributed by atoms with E-state index in [2.05, 4.69) is 21.8 Å². The van der Waals surface area contributed by atoms with Crippen molar-refractivity contribution < 1.29 is 4.39 Å². The average Bonchev–Trinajstić information content (AvgIpc) is 2.31. The van der Waals surface area contributed by atoms with Gasteiger partial charge in [0.2, 0.25) is 0 Å². The molecule has 0 amide bonds. The number of hydrogen-bond donors (Lipinski definition) is 0. The third-order valence-corrected chi connectivity index (χ3v) is 3.22. The smallest absolute Gasteiger partial charge is 0.146 e. The summed E-state index contributed by atoms with van der Waals surface area (Å²) in [7, 11) is 0. The molecule has 1 aliphatic rings. The van der Waals surface area contributed by atoms with Crippen molar-refractivity contribution in [3.05, 3.63) is 34.5 Å². The van der Waals surface area contributed by atoms with Crippen LogP contribution in [0.15, 0.2) is 23.3 Å². The zero-order chi connectivity index (χ0) is 12.3. The van der Waals surface area contributed by atoms with Crippen molar-refractivity contribution in [1.29, 1.82) is 0 Å². The summed E-state index contributed by atoms with van der Waals surface area (Å²) >= 11 is 0. The van der Waals surface area contributed by atoms with Gasteiger partial charge in [0.15, 0.2) is 0 Å². The molecule has 1 heterocycles. The molecule has 0 spiro atoms. The van der Waals surface area contributed by atoms with Gasteiger partial charge in [-0.25, -0.2) is 4.39 Å². The number of azide groups is 1. The third-order valence-electron chi connectivity index (χ3n) is 3.22. The second-order valence-electron chi connectivity index (χ2n) is 4.49. The van der Waals surface area contributed by atoms with E-state index in [1.54, 1.807) is 12.1 Å². The van der Waals surface area contributed by atoms with Gasteiger partial charge in [0.25, 0.3) is 0 Å². The van der Waals surface area contributed by atoms with Gasteiger partial charge in [-0.3, -0.25) is 0 Å². The van der Waals surface area contributed by atoms with Crippen molar-refractivity contribution in [3.8, 4) is 0 Å². The Bertz CT molecular complexity index is 446. The number of anilines is 1.